The molecule has 0 fully saturated rings. The molecule has 6 heteroatoms. The molecule has 1 heterocycles. The summed E-state index contributed by atoms with van der Waals surface area (Å²) in [6, 6.07) is 16.7. The second-order valence-electron chi connectivity index (χ2n) is 7.45. The van der Waals surface area contributed by atoms with Crippen molar-refractivity contribution in [3.63, 3.8) is 0 Å². The van der Waals surface area contributed by atoms with Gasteiger partial charge in [0.05, 0.1) is 13.8 Å². The molecule has 0 aliphatic heterocycles. The number of rotatable bonds is 7. The summed E-state index contributed by atoms with van der Waals surface area (Å²) < 4.78 is 9.76. The lowest BCUT2D eigenvalue weighted by atomic mass is 10.0. The molecule has 0 amide bonds. The molecule has 148 valence electrons. The van der Waals surface area contributed by atoms with Crippen LogP contribution in [0.2, 0.25) is 0 Å². The summed E-state index contributed by atoms with van der Waals surface area (Å²) in [4.78, 5) is 2.21. The Morgan fingerprint density at radius 3 is 2.29 bits per heavy atom. The smallest absolute Gasteiger partial charge is 0.199 e. The minimum Gasteiger partial charge on any atom is -0.497 e. The van der Waals surface area contributed by atoms with E-state index in [-0.39, 0.29) is 0 Å². The first-order valence-electron chi connectivity index (χ1n) is 9.44. The monoisotopic (exact) mass is 396 g/mol. The Bertz CT molecular complexity index is 971. The zero-order valence-electron chi connectivity index (χ0n) is 17.2. The van der Waals surface area contributed by atoms with Crippen molar-refractivity contribution in [2.24, 2.45) is 7.05 Å². The predicted octanol–water partition coefficient (Wildman–Crippen LogP) is 4.84. The van der Waals surface area contributed by atoms with Crippen LogP contribution >= 0.6 is 12.2 Å². The van der Waals surface area contributed by atoms with E-state index in [2.05, 4.69) is 50.1 Å². The summed E-state index contributed by atoms with van der Waals surface area (Å²) in [5, 5.41) is 4.75. The highest BCUT2D eigenvalue weighted by Gasteiger charge is 2.12. The van der Waals surface area contributed by atoms with Gasteiger partial charge in [0.25, 0.3) is 0 Å². The van der Waals surface area contributed by atoms with Gasteiger partial charge in [-0.2, -0.15) is 5.10 Å². The molecule has 0 radical (unpaired) electrons. The van der Waals surface area contributed by atoms with Crippen LogP contribution in [0.3, 0.4) is 0 Å². The van der Waals surface area contributed by atoms with E-state index in [0.717, 1.165) is 23.7 Å². The van der Waals surface area contributed by atoms with Crippen molar-refractivity contribution in [2.75, 3.05) is 14.2 Å². The average molecular weight is 397 g/mol. The number of nitrogens with zero attached hydrogens (tertiary/aromatic N) is 4. The van der Waals surface area contributed by atoms with Crippen molar-refractivity contribution in [1.82, 2.24) is 19.2 Å². The molecule has 0 spiro atoms. The van der Waals surface area contributed by atoms with E-state index in [9.17, 15) is 0 Å². The lowest BCUT2D eigenvalue weighted by molar-refractivity contribution is 0.244. The largest absolute Gasteiger partial charge is 0.497 e. The van der Waals surface area contributed by atoms with Crippen molar-refractivity contribution in [1.29, 1.82) is 0 Å². The number of benzene rings is 2. The van der Waals surface area contributed by atoms with Gasteiger partial charge in [-0.3, -0.25) is 4.90 Å². The molecule has 5 nitrogen and oxygen atoms in total. The van der Waals surface area contributed by atoms with Gasteiger partial charge in [-0.05, 0) is 60.6 Å². The zero-order chi connectivity index (χ0) is 20.3. The van der Waals surface area contributed by atoms with E-state index in [0.29, 0.717) is 17.4 Å². The number of ether oxygens (including phenoxy) is 1. The molecule has 0 aliphatic carbocycles. The molecule has 0 saturated carbocycles. The first-order chi connectivity index (χ1) is 13.4. The molecule has 0 aliphatic rings. The maximum Gasteiger partial charge on any atom is 0.199 e. The highest BCUT2D eigenvalue weighted by molar-refractivity contribution is 7.71. The van der Waals surface area contributed by atoms with Crippen LogP contribution in [-0.4, -0.2) is 33.4 Å². The van der Waals surface area contributed by atoms with E-state index in [4.69, 9.17) is 22.1 Å². The van der Waals surface area contributed by atoms with Crippen LogP contribution in [0.4, 0.5) is 0 Å². The van der Waals surface area contributed by atoms with Crippen LogP contribution in [0.25, 0.3) is 11.4 Å². The first kappa shape index (κ1) is 20.3. The maximum atomic E-state index is 5.60. The summed E-state index contributed by atoms with van der Waals surface area (Å²) in [5.41, 5.74) is 3.66. The molecule has 0 atom stereocenters. The normalized spacial score (nSPS) is 11.4. The van der Waals surface area contributed by atoms with Crippen molar-refractivity contribution >= 4 is 12.2 Å². The summed E-state index contributed by atoms with van der Waals surface area (Å²) in [7, 11) is 5.70. The van der Waals surface area contributed by atoms with Gasteiger partial charge in [0.15, 0.2) is 10.6 Å². The quantitative estimate of drug-likeness (QED) is 0.535. The van der Waals surface area contributed by atoms with Gasteiger partial charge in [-0.15, -0.1) is 0 Å². The SMILES string of the molecule is COc1ccc(-c2nn(CN(C)Cc3ccc(C(C)C)cc3)c(=S)n2C)cc1. The zero-order valence-corrected chi connectivity index (χ0v) is 18.0. The Balaban J connectivity index is 1.74. The Morgan fingerprint density at radius 2 is 1.71 bits per heavy atom. The number of methoxy groups -OCH3 is 1. The van der Waals surface area contributed by atoms with E-state index in [1.807, 2.05) is 40.6 Å². The molecule has 0 bridgehead atoms. The Hall–Kier alpha value is -2.44. The summed E-state index contributed by atoms with van der Waals surface area (Å²) in [5.74, 6) is 2.23. The number of aromatic nitrogens is 3. The van der Waals surface area contributed by atoms with Gasteiger partial charge in [0.2, 0.25) is 0 Å². The van der Waals surface area contributed by atoms with Crippen molar-refractivity contribution < 1.29 is 4.74 Å². The van der Waals surface area contributed by atoms with Gasteiger partial charge in [-0.1, -0.05) is 38.1 Å². The second kappa shape index (κ2) is 8.71. The molecule has 0 saturated heterocycles. The fourth-order valence-electron chi connectivity index (χ4n) is 3.17. The van der Waals surface area contributed by atoms with Gasteiger partial charge in [0.1, 0.15) is 5.75 Å². The number of hydrogen-bond acceptors (Lipinski definition) is 4. The average Bonchev–Trinajstić information content (AvgIpc) is 2.97. The van der Waals surface area contributed by atoms with Gasteiger partial charge in [0, 0.05) is 19.2 Å². The van der Waals surface area contributed by atoms with E-state index in [1.165, 1.54) is 11.1 Å². The molecule has 3 aromatic rings. The van der Waals surface area contributed by atoms with E-state index in [1.54, 1.807) is 7.11 Å². The molecule has 28 heavy (non-hydrogen) atoms. The van der Waals surface area contributed by atoms with Gasteiger partial charge >= 0.3 is 0 Å². The van der Waals surface area contributed by atoms with Gasteiger partial charge in [-0.25, -0.2) is 4.68 Å². The molecule has 2 aromatic carbocycles. The maximum absolute atomic E-state index is 5.60. The van der Waals surface area contributed by atoms with Crippen molar-refractivity contribution in [2.45, 2.75) is 33.0 Å². The third-order valence-electron chi connectivity index (χ3n) is 4.86. The highest BCUT2D eigenvalue weighted by Crippen LogP contribution is 2.21. The van der Waals surface area contributed by atoms with Crippen LogP contribution in [0.15, 0.2) is 48.5 Å². The van der Waals surface area contributed by atoms with Crippen LogP contribution < -0.4 is 4.74 Å². The minimum absolute atomic E-state index is 0.551. The standard InChI is InChI=1S/C22H28N4OS/c1-16(2)18-8-6-17(7-9-18)14-24(3)15-26-22(28)25(4)21(23-26)19-10-12-20(27-5)13-11-19/h6-13,16H,14-15H2,1-5H3. The minimum atomic E-state index is 0.551. The number of hydrogen-bond donors (Lipinski definition) is 0. The molecule has 1 aromatic heterocycles. The van der Waals surface area contributed by atoms with Crippen molar-refractivity contribution in [3.8, 4) is 17.1 Å². The van der Waals surface area contributed by atoms with Crippen LogP contribution in [0, 0.1) is 4.77 Å². The van der Waals surface area contributed by atoms with Crippen molar-refractivity contribution in [3.05, 3.63) is 64.4 Å². The first-order valence-corrected chi connectivity index (χ1v) is 9.85. The molecule has 3 rings (SSSR count). The Morgan fingerprint density at radius 1 is 1.07 bits per heavy atom. The third-order valence-corrected chi connectivity index (χ3v) is 5.35. The topological polar surface area (TPSA) is 35.2 Å². The van der Waals surface area contributed by atoms with E-state index < -0.39 is 0 Å². The fourth-order valence-corrected chi connectivity index (χ4v) is 3.35. The Labute approximate surface area is 172 Å². The van der Waals surface area contributed by atoms with Crippen LogP contribution in [0.5, 0.6) is 5.75 Å². The molecular weight excluding hydrogens is 368 g/mol. The van der Waals surface area contributed by atoms with Crippen LogP contribution in [0.1, 0.15) is 30.9 Å². The second-order valence-corrected chi connectivity index (χ2v) is 7.81. The highest BCUT2D eigenvalue weighted by atomic mass is 32.1. The summed E-state index contributed by atoms with van der Waals surface area (Å²) in [6.07, 6.45) is 0. The van der Waals surface area contributed by atoms with Gasteiger partial charge < -0.3 is 9.30 Å². The lowest BCUT2D eigenvalue weighted by Gasteiger charge is -2.17. The lowest BCUT2D eigenvalue weighted by Crippen LogP contribution is -2.22. The summed E-state index contributed by atoms with van der Waals surface area (Å²) >= 11 is 5.60. The predicted molar refractivity (Wildman–Crippen MR) is 116 cm³/mol. The molecular formula is C22H28N4OS. The Kier molecular flexibility index (Phi) is 6.31. The van der Waals surface area contributed by atoms with Crippen LogP contribution in [-0.2, 0) is 20.3 Å². The third kappa shape index (κ3) is 4.51. The fraction of sp³-hybridized carbons (Fsp3) is 0.364. The molecule has 0 N–H and O–H groups in total. The molecule has 0 unspecified atom stereocenters. The van der Waals surface area contributed by atoms with E-state index >= 15 is 0 Å². The summed E-state index contributed by atoms with van der Waals surface area (Å²) in [6.45, 7) is 5.90.